The van der Waals surface area contributed by atoms with Gasteiger partial charge in [0.1, 0.15) is 11.8 Å². The fourth-order valence-electron chi connectivity index (χ4n) is 2.42. The van der Waals surface area contributed by atoms with Crippen LogP contribution in [0.2, 0.25) is 0 Å². The maximum absolute atomic E-state index is 11.5. The number of halogens is 2. The molecule has 0 radical (unpaired) electrons. The lowest BCUT2D eigenvalue weighted by Gasteiger charge is -2.16. The lowest BCUT2D eigenvalue weighted by atomic mass is 10.0. The molecule has 1 aromatic carbocycles. The minimum absolute atomic E-state index is 0.129. The van der Waals surface area contributed by atoms with Crippen molar-refractivity contribution < 1.29 is 23.8 Å². The lowest BCUT2D eigenvalue weighted by molar-refractivity contribution is -0.115. The largest absolute Gasteiger partial charge is 0.492 e. The molecule has 124 valence electrons. The van der Waals surface area contributed by atoms with Gasteiger partial charge in [0.05, 0.1) is 16.1 Å². The molecule has 3 N–H and O–H groups in total. The number of hydrazine groups is 1. The summed E-state index contributed by atoms with van der Waals surface area (Å²) in [4.78, 5) is 16.8. The van der Waals surface area contributed by atoms with Gasteiger partial charge in [-0.25, -0.2) is 5.84 Å². The normalized spacial score (nSPS) is 18.4. The zero-order chi connectivity index (χ0) is 16.6. The first kappa shape index (κ1) is 16.3. The Morgan fingerprint density at radius 2 is 2.13 bits per heavy atom. The Hall–Kier alpha value is -1.52. The van der Waals surface area contributed by atoms with Gasteiger partial charge < -0.3 is 19.0 Å². The van der Waals surface area contributed by atoms with Gasteiger partial charge in [0.2, 0.25) is 12.5 Å². The first-order valence-corrected chi connectivity index (χ1v) is 8.22. The lowest BCUT2D eigenvalue weighted by Crippen LogP contribution is -2.36. The van der Waals surface area contributed by atoms with E-state index in [2.05, 4.69) is 37.0 Å². The average Bonchev–Trinajstić information content (AvgIpc) is 3.20. The summed E-state index contributed by atoms with van der Waals surface area (Å²) in [6.07, 6.45) is 0.553. The summed E-state index contributed by atoms with van der Waals surface area (Å²) < 4.78 is 17.8. The fourth-order valence-corrected chi connectivity index (χ4v) is 4.05. The number of fused-ring (bicyclic) bond motifs is 1. The Labute approximate surface area is 148 Å². The van der Waals surface area contributed by atoms with E-state index >= 15 is 0 Å². The van der Waals surface area contributed by atoms with Crippen molar-refractivity contribution in [2.24, 2.45) is 11.0 Å². The van der Waals surface area contributed by atoms with E-state index in [-0.39, 0.29) is 18.6 Å². The number of nitrogens with two attached hydrogens (primary N) is 1. The van der Waals surface area contributed by atoms with Crippen LogP contribution in [0, 0.1) is 0 Å². The Kier molecular flexibility index (Phi) is 4.64. The number of hydrogen-bond donors (Lipinski definition) is 2. The summed E-state index contributed by atoms with van der Waals surface area (Å²) in [5, 5.41) is 3.77. The van der Waals surface area contributed by atoms with Gasteiger partial charge in [-0.05, 0) is 37.4 Å². The number of nitrogens with zero attached hydrogens (tertiary/aromatic N) is 1. The molecule has 0 aromatic heterocycles. The maximum Gasteiger partial charge on any atom is 0.283 e. The first-order valence-electron chi connectivity index (χ1n) is 6.63. The quantitative estimate of drug-likeness (QED) is 0.410. The number of oxime groups is 1. The molecule has 1 aromatic rings. The summed E-state index contributed by atoms with van der Waals surface area (Å²) in [6, 6.07) is 0. The van der Waals surface area contributed by atoms with E-state index in [1.807, 2.05) is 5.43 Å². The van der Waals surface area contributed by atoms with Crippen molar-refractivity contribution in [3.63, 3.8) is 0 Å². The third-order valence-corrected chi connectivity index (χ3v) is 5.19. The highest BCUT2D eigenvalue weighted by molar-refractivity contribution is 9.11. The third-order valence-electron chi connectivity index (χ3n) is 3.51. The van der Waals surface area contributed by atoms with Crippen molar-refractivity contribution in [3.8, 4) is 17.2 Å². The fraction of sp³-hybridized carbons (Fsp3) is 0.385. The van der Waals surface area contributed by atoms with Crippen molar-refractivity contribution in [2.75, 3.05) is 13.9 Å². The summed E-state index contributed by atoms with van der Waals surface area (Å²) in [5.74, 6) is 6.33. The van der Waals surface area contributed by atoms with E-state index in [0.717, 1.165) is 14.5 Å². The number of amides is 1. The van der Waals surface area contributed by atoms with Crippen molar-refractivity contribution >= 4 is 43.5 Å². The number of hydrogen-bond acceptors (Lipinski definition) is 7. The van der Waals surface area contributed by atoms with Gasteiger partial charge >= 0.3 is 0 Å². The van der Waals surface area contributed by atoms with Crippen LogP contribution >= 0.6 is 31.9 Å². The molecule has 0 spiro atoms. The van der Waals surface area contributed by atoms with Gasteiger partial charge in [0, 0.05) is 12.8 Å². The van der Waals surface area contributed by atoms with Crippen molar-refractivity contribution in [2.45, 2.75) is 18.9 Å². The number of benzene rings is 1. The molecule has 3 rings (SSSR count). The second-order valence-electron chi connectivity index (χ2n) is 4.85. The van der Waals surface area contributed by atoms with Crippen LogP contribution in [0.1, 0.15) is 12.0 Å². The number of ether oxygens (including phenoxy) is 3. The highest BCUT2D eigenvalue weighted by Crippen LogP contribution is 2.52. The molecule has 1 amide bonds. The molecule has 2 aliphatic heterocycles. The first-order chi connectivity index (χ1) is 11.1. The van der Waals surface area contributed by atoms with E-state index in [0.29, 0.717) is 30.1 Å². The van der Waals surface area contributed by atoms with Crippen molar-refractivity contribution in [3.05, 3.63) is 14.5 Å². The predicted octanol–water partition coefficient (Wildman–Crippen LogP) is 1.63. The summed E-state index contributed by atoms with van der Waals surface area (Å²) >= 11 is 7.06. The number of nitrogens with one attached hydrogen (secondary N) is 1. The zero-order valence-electron chi connectivity index (χ0n) is 12.0. The summed E-state index contributed by atoms with van der Waals surface area (Å²) in [5.41, 5.74) is 3.18. The van der Waals surface area contributed by atoms with Gasteiger partial charge in [-0.2, -0.15) is 0 Å². The van der Waals surface area contributed by atoms with Gasteiger partial charge in [-0.3, -0.25) is 10.2 Å². The minimum atomic E-state index is -0.450. The Bertz CT molecular complexity index is 695. The van der Waals surface area contributed by atoms with Crippen LogP contribution in [0.5, 0.6) is 17.2 Å². The molecule has 0 saturated carbocycles. The Morgan fingerprint density at radius 3 is 2.83 bits per heavy atom. The van der Waals surface area contributed by atoms with Crippen LogP contribution in [0.15, 0.2) is 14.1 Å². The van der Waals surface area contributed by atoms with Gasteiger partial charge in [-0.1, -0.05) is 5.16 Å². The number of carbonyl (C=O) groups is 1. The molecule has 1 atom stereocenters. The van der Waals surface area contributed by atoms with E-state index in [1.54, 1.807) is 7.11 Å². The highest BCUT2D eigenvalue weighted by Gasteiger charge is 2.32. The van der Waals surface area contributed by atoms with Crippen LogP contribution in [0.3, 0.4) is 0 Å². The van der Waals surface area contributed by atoms with Crippen molar-refractivity contribution in [1.82, 2.24) is 5.43 Å². The molecular formula is C13H13Br2N3O5. The molecule has 2 heterocycles. The van der Waals surface area contributed by atoms with Crippen LogP contribution < -0.4 is 25.5 Å². The number of methoxy groups -OCH3 is 1. The molecule has 0 aliphatic carbocycles. The molecule has 0 saturated heterocycles. The Morgan fingerprint density at radius 1 is 1.39 bits per heavy atom. The van der Waals surface area contributed by atoms with Crippen molar-refractivity contribution in [1.29, 1.82) is 0 Å². The van der Waals surface area contributed by atoms with Crippen LogP contribution in [-0.4, -0.2) is 31.6 Å². The van der Waals surface area contributed by atoms with Gasteiger partial charge in [0.15, 0.2) is 11.5 Å². The van der Waals surface area contributed by atoms with Crippen LogP contribution in [-0.2, 0) is 16.1 Å². The summed E-state index contributed by atoms with van der Waals surface area (Å²) in [7, 11) is 1.55. The van der Waals surface area contributed by atoms with Crippen LogP contribution in [0.4, 0.5) is 0 Å². The maximum atomic E-state index is 11.5. The molecule has 2 aliphatic rings. The number of rotatable bonds is 4. The van der Waals surface area contributed by atoms with E-state index in [4.69, 9.17) is 24.9 Å². The topological polar surface area (TPSA) is 104 Å². The van der Waals surface area contributed by atoms with Gasteiger partial charge in [0.25, 0.3) is 5.91 Å². The minimum Gasteiger partial charge on any atom is -0.492 e. The standard InChI is InChI=1S/C13H13Br2N3O5/c1-20-10-8(14)6(9(15)11-12(10)22-4-21-11)2-5-3-7(18-23-5)13(19)17-16/h5H,2-4,16H2,1H3,(H,17,19). The third kappa shape index (κ3) is 2.86. The van der Waals surface area contributed by atoms with E-state index in [9.17, 15) is 4.79 Å². The molecule has 8 nitrogen and oxygen atoms in total. The molecule has 0 fully saturated rings. The predicted molar refractivity (Wildman–Crippen MR) is 87.5 cm³/mol. The van der Waals surface area contributed by atoms with E-state index < -0.39 is 5.91 Å². The molecule has 1 unspecified atom stereocenters. The molecule has 23 heavy (non-hydrogen) atoms. The Balaban J connectivity index is 1.86. The summed E-state index contributed by atoms with van der Waals surface area (Å²) in [6.45, 7) is 0.129. The number of carbonyl (C=O) groups excluding carboxylic acids is 1. The van der Waals surface area contributed by atoms with Crippen LogP contribution in [0.25, 0.3) is 0 Å². The zero-order valence-corrected chi connectivity index (χ0v) is 15.2. The monoisotopic (exact) mass is 449 g/mol. The highest BCUT2D eigenvalue weighted by atomic mass is 79.9. The van der Waals surface area contributed by atoms with E-state index in [1.165, 1.54) is 0 Å². The SMILES string of the molecule is COc1c(Br)c(CC2CC(C(=O)NN)=NO2)c(Br)c2c1OCO2. The average molecular weight is 451 g/mol. The molecule has 0 bridgehead atoms. The molecular weight excluding hydrogens is 438 g/mol. The second-order valence-corrected chi connectivity index (χ2v) is 6.44. The smallest absolute Gasteiger partial charge is 0.283 e. The molecule has 10 heteroatoms. The second kappa shape index (κ2) is 6.54. The van der Waals surface area contributed by atoms with Gasteiger partial charge in [-0.15, -0.1) is 0 Å².